The molecule has 1 fully saturated rings. The Morgan fingerprint density at radius 2 is 1.89 bits per heavy atom. The lowest BCUT2D eigenvalue weighted by Crippen LogP contribution is -2.36. The van der Waals surface area contributed by atoms with Crippen LogP contribution in [0, 0.1) is 0 Å². The van der Waals surface area contributed by atoms with Gasteiger partial charge in [-0.3, -0.25) is 4.79 Å². The van der Waals surface area contributed by atoms with Gasteiger partial charge in [-0.05, 0) is 36.1 Å². The number of carbonyl (C=O) groups is 1. The van der Waals surface area contributed by atoms with Gasteiger partial charge in [-0.15, -0.1) is 0 Å². The lowest BCUT2D eigenvalue weighted by atomic mass is 9.95. The van der Waals surface area contributed by atoms with Crippen LogP contribution in [-0.2, 0) is 13.1 Å². The molecule has 1 aromatic rings. The second kappa shape index (κ2) is 5.11. The monoisotopic (exact) mass is 244 g/mol. The third-order valence-electron chi connectivity index (χ3n) is 4.04. The molecule has 1 aliphatic carbocycles. The molecule has 3 nitrogen and oxygen atoms in total. The van der Waals surface area contributed by atoms with Crippen molar-refractivity contribution in [1.82, 2.24) is 10.6 Å². The van der Waals surface area contributed by atoms with Crippen molar-refractivity contribution in [3.05, 3.63) is 34.9 Å². The average Bonchev–Trinajstić information content (AvgIpc) is 2.87. The van der Waals surface area contributed by atoms with Gasteiger partial charge < -0.3 is 10.6 Å². The molecule has 0 spiro atoms. The lowest BCUT2D eigenvalue weighted by Gasteiger charge is -2.22. The fourth-order valence-electron chi connectivity index (χ4n) is 2.95. The lowest BCUT2D eigenvalue weighted by molar-refractivity contribution is 0.0927. The molecular formula is C15H20N2O. The van der Waals surface area contributed by atoms with Crippen molar-refractivity contribution in [2.24, 2.45) is 0 Å². The van der Waals surface area contributed by atoms with E-state index in [0.29, 0.717) is 6.04 Å². The molecule has 0 atom stereocenters. The molecule has 1 saturated carbocycles. The molecule has 0 aromatic heterocycles. The summed E-state index contributed by atoms with van der Waals surface area (Å²) in [6.07, 6.45) is 6.09. The van der Waals surface area contributed by atoms with Crippen LogP contribution >= 0.6 is 0 Å². The van der Waals surface area contributed by atoms with Crippen LogP contribution in [0.15, 0.2) is 18.2 Å². The highest BCUT2D eigenvalue weighted by Crippen LogP contribution is 2.19. The van der Waals surface area contributed by atoms with Crippen LogP contribution in [0.1, 0.15) is 53.6 Å². The third-order valence-corrected chi connectivity index (χ3v) is 4.04. The van der Waals surface area contributed by atoms with Crippen LogP contribution in [-0.4, -0.2) is 11.9 Å². The number of carbonyl (C=O) groups excluding carboxylic acids is 1. The highest BCUT2D eigenvalue weighted by atomic mass is 16.1. The van der Waals surface area contributed by atoms with Crippen molar-refractivity contribution in [2.75, 3.05) is 0 Å². The zero-order chi connectivity index (χ0) is 12.4. The Bertz CT molecular complexity index is 450. The predicted molar refractivity (Wildman–Crippen MR) is 71.3 cm³/mol. The van der Waals surface area contributed by atoms with Crippen LogP contribution in [0.3, 0.4) is 0 Å². The third kappa shape index (κ3) is 2.41. The smallest absolute Gasteiger partial charge is 0.251 e. The molecule has 0 radical (unpaired) electrons. The van der Waals surface area contributed by atoms with Gasteiger partial charge in [0.05, 0.1) is 0 Å². The van der Waals surface area contributed by atoms with Crippen LogP contribution in [0.5, 0.6) is 0 Å². The van der Waals surface area contributed by atoms with E-state index in [4.69, 9.17) is 0 Å². The molecule has 0 bridgehead atoms. The van der Waals surface area contributed by atoms with Crippen molar-refractivity contribution in [2.45, 2.75) is 51.2 Å². The first kappa shape index (κ1) is 11.7. The zero-order valence-electron chi connectivity index (χ0n) is 10.7. The molecular weight excluding hydrogens is 224 g/mol. The van der Waals surface area contributed by atoms with Gasteiger partial charge in [-0.1, -0.05) is 25.3 Å². The standard InChI is InChI=1S/C15H20N2O/c18-15(17-14-4-2-1-3-5-14)11-6-7-12-9-16-10-13(12)8-11/h6-8,14,16H,1-5,9-10H2,(H,17,18). The minimum absolute atomic E-state index is 0.0941. The molecule has 2 N–H and O–H groups in total. The largest absolute Gasteiger partial charge is 0.349 e. The van der Waals surface area contributed by atoms with Crippen molar-refractivity contribution in [1.29, 1.82) is 0 Å². The summed E-state index contributed by atoms with van der Waals surface area (Å²) in [7, 11) is 0. The Kier molecular flexibility index (Phi) is 3.33. The van der Waals surface area contributed by atoms with E-state index in [0.717, 1.165) is 31.5 Å². The van der Waals surface area contributed by atoms with Gasteiger partial charge in [-0.2, -0.15) is 0 Å². The Labute approximate surface area is 108 Å². The summed E-state index contributed by atoms with van der Waals surface area (Å²) in [5.41, 5.74) is 3.40. The normalized spacial score (nSPS) is 19.6. The van der Waals surface area contributed by atoms with E-state index in [2.05, 4.69) is 16.7 Å². The topological polar surface area (TPSA) is 41.1 Å². The molecule has 0 saturated heterocycles. The fourth-order valence-corrected chi connectivity index (χ4v) is 2.95. The van der Waals surface area contributed by atoms with Crippen LogP contribution in [0.4, 0.5) is 0 Å². The number of nitrogens with one attached hydrogen (secondary N) is 2. The number of amides is 1. The molecule has 0 unspecified atom stereocenters. The van der Waals surface area contributed by atoms with Crippen LogP contribution in [0.2, 0.25) is 0 Å². The summed E-state index contributed by atoms with van der Waals surface area (Å²) in [5, 5.41) is 6.47. The summed E-state index contributed by atoms with van der Waals surface area (Å²) in [4.78, 5) is 12.2. The van der Waals surface area contributed by atoms with Gasteiger partial charge in [0.25, 0.3) is 5.91 Å². The van der Waals surface area contributed by atoms with Gasteiger partial charge in [0.1, 0.15) is 0 Å². The molecule has 2 aliphatic rings. The van der Waals surface area contributed by atoms with Gasteiger partial charge in [0.15, 0.2) is 0 Å². The first-order valence-corrected chi connectivity index (χ1v) is 6.96. The van der Waals surface area contributed by atoms with Crippen molar-refractivity contribution in [3.8, 4) is 0 Å². The van der Waals surface area contributed by atoms with E-state index in [1.165, 1.54) is 30.4 Å². The summed E-state index contributed by atoms with van der Waals surface area (Å²) in [6.45, 7) is 1.82. The summed E-state index contributed by atoms with van der Waals surface area (Å²) in [6, 6.07) is 6.44. The second-order valence-corrected chi connectivity index (χ2v) is 5.40. The van der Waals surface area contributed by atoms with Gasteiger partial charge >= 0.3 is 0 Å². The van der Waals surface area contributed by atoms with E-state index in [-0.39, 0.29) is 5.91 Å². The molecule has 1 aliphatic heterocycles. The Morgan fingerprint density at radius 3 is 2.72 bits per heavy atom. The Balaban J connectivity index is 1.68. The van der Waals surface area contributed by atoms with Crippen LogP contribution < -0.4 is 10.6 Å². The van der Waals surface area contributed by atoms with E-state index < -0.39 is 0 Å². The second-order valence-electron chi connectivity index (χ2n) is 5.40. The van der Waals surface area contributed by atoms with Gasteiger partial charge in [0, 0.05) is 24.7 Å². The number of hydrogen-bond donors (Lipinski definition) is 2. The SMILES string of the molecule is O=C(NC1CCCCC1)c1ccc2c(c1)CNC2. The summed E-state index contributed by atoms with van der Waals surface area (Å²) < 4.78 is 0. The highest BCUT2D eigenvalue weighted by molar-refractivity contribution is 5.94. The number of hydrogen-bond acceptors (Lipinski definition) is 2. The first-order valence-electron chi connectivity index (χ1n) is 6.96. The number of rotatable bonds is 2. The molecule has 1 heterocycles. The van der Waals surface area contributed by atoms with Crippen LogP contribution in [0.25, 0.3) is 0 Å². The van der Waals surface area contributed by atoms with E-state index in [1.54, 1.807) is 0 Å². The maximum absolute atomic E-state index is 12.2. The minimum Gasteiger partial charge on any atom is -0.349 e. The first-order chi connectivity index (χ1) is 8.83. The number of benzene rings is 1. The maximum Gasteiger partial charge on any atom is 0.251 e. The van der Waals surface area contributed by atoms with E-state index >= 15 is 0 Å². The average molecular weight is 244 g/mol. The summed E-state index contributed by atoms with van der Waals surface area (Å²) >= 11 is 0. The fraction of sp³-hybridized carbons (Fsp3) is 0.533. The molecule has 1 amide bonds. The Morgan fingerprint density at radius 1 is 1.11 bits per heavy atom. The molecule has 3 heteroatoms. The number of fused-ring (bicyclic) bond motifs is 1. The molecule has 96 valence electrons. The predicted octanol–water partition coefficient (Wildman–Crippen LogP) is 2.35. The molecule has 3 rings (SSSR count). The van der Waals surface area contributed by atoms with Crippen molar-refractivity contribution >= 4 is 5.91 Å². The van der Waals surface area contributed by atoms with Gasteiger partial charge in [0.2, 0.25) is 0 Å². The Hall–Kier alpha value is -1.35. The molecule has 18 heavy (non-hydrogen) atoms. The maximum atomic E-state index is 12.2. The van der Waals surface area contributed by atoms with Gasteiger partial charge in [-0.25, -0.2) is 0 Å². The molecule has 1 aromatic carbocycles. The minimum atomic E-state index is 0.0941. The summed E-state index contributed by atoms with van der Waals surface area (Å²) in [5.74, 6) is 0.0941. The highest BCUT2D eigenvalue weighted by Gasteiger charge is 2.18. The zero-order valence-corrected chi connectivity index (χ0v) is 10.7. The quantitative estimate of drug-likeness (QED) is 0.838. The van der Waals surface area contributed by atoms with Crippen molar-refractivity contribution in [3.63, 3.8) is 0 Å². The van der Waals surface area contributed by atoms with Crippen molar-refractivity contribution < 1.29 is 4.79 Å². The van der Waals surface area contributed by atoms with E-state index in [1.807, 2.05) is 12.1 Å². The van der Waals surface area contributed by atoms with E-state index in [9.17, 15) is 4.79 Å².